The van der Waals surface area contributed by atoms with Crippen LogP contribution in [-0.4, -0.2) is 19.8 Å². The minimum absolute atomic E-state index is 0.627. The molecule has 2 nitrogen and oxygen atoms in total. The number of aryl methyl sites for hydroxylation is 2. The van der Waals surface area contributed by atoms with Crippen LogP contribution in [0.5, 0.6) is 5.75 Å². The number of hydrogen-bond donors (Lipinski definition) is 0. The third kappa shape index (κ3) is 5.73. The van der Waals surface area contributed by atoms with Crippen LogP contribution in [0.2, 0.25) is 0 Å². The van der Waals surface area contributed by atoms with Crippen molar-refractivity contribution in [3.63, 3.8) is 0 Å². The molecule has 0 aliphatic carbocycles. The number of rotatable bonds is 7. The Balaban J connectivity index is 2.20. The summed E-state index contributed by atoms with van der Waals surface area (Å²) in [6.45, 7) is 10.7. The predicted molar refractivity (Wildman–Crippen MR) is 71.7 cm³/mol. The molecule has 1 rings (SSSR count). The molecule has 0 aliphatic rings. The molecule has 0 bridgehead atoms. The van der Waals surface area contributed by atoms with Crippen molar-refractivity contribution < 1.29 is 9.47 Å². The molecule has 0 N–H and O–H groups in total. The first kappa shape index (κ1) is 14.0. The van der Waals surface area contributed by atoms with E-state index in [9.17, 15) is 0 Å². The van der Waals surface area contributed by atoms with E-state index in [0.29, 0.717) is 19.1 Å². The molecule has 0 saturated carbocycles. The third-order valence-electron chi connectivity index (χ3n) is 2.67. The highest BCUT2D eigenvalue weighted by Crippen LogP contribution is 2.18. The summed E-state index contributed by atoms with van der Waals surface area (Å²) >= 11 is 0. The summed E-state index contributed by atoms with van der Waals surface area (Å²) in [6, 6.07) is 6.26. The first-order chi connectivity index (χ1) is 8.09. The van der Waals surface area contributed by atoms with Crippen LogP contribution in [0.1, 0.15) is 31.4 Å². The fourth-order valence-corrected chi connectivity index (χ4v) is 1.49. The Morgan fingerprint density at radius 1 is 1.06 bits per heavy atom. The van der Waals surface area contributed by atoms with Gasteiger partial charge in [0.2, 0.25) is 0 Å². The molecule has 1 aromatic carbocycles. The summed E-state index contributed by atoms with van der Waals surface area (Å²) in [4.78, 5) is 0. The predicted octanol–water partition coefficient (Wildman–Crippen LogP) is 3.74. The van der Waals surface area contributed by atoms with E-state index in [2.05, 4.69) is 45.9 Å². The van der Waals surface area contributed by atoms with Gasteiger partial charge in [-0.05, 0) is 43.4 Å². The summed E-state index contributed by atoms with van der Waals surface area (Å²) in [5.74, 6) is 1.67. The van der Waals surface area contributed by atoms with Crippen LogP contribution in [0.3, 0.4) is 0 Å². The molecule has 96 valence electrons. The molecule has 0 unspecified atom stereocenters. The number of ether oxygens (including phenoxy) is 2. The Bertz CT molecular complexity index is 332. The van der Waals surface area contributed by atoms with Crippen molar-refractivity contribution in [3.05, 3.63) is 29.3 Å². The maximum absolute atomic E-state index is 5.70. The maximum Gasteiger partial charge on any atom is 0.122 e. The van der Waals surface area contributed by atoms with Crippen LogP contribution >= 0.6 is 0 Å². The van der Waals surface area contributed by atoms with Gasteiger partial charge in [-0.1, -0.05) is 26.0 Å². The highest BCUT2D eigenvalue weighted by molar-refractivity contribution is 5.35. The van der Waals surface area contributed by atoms with Gasteiger partial charge in [0, 0.05) is 6.61 Å². The minimum atomic E-state index is 0.627. The van der Waals surface area contributed by atoms with Gasteiger partial charge >= 0.3 is 0 Å². The van der Waals surface area contributed by atoms with Gasteiger partial charge in [-0.3, -0.25) is 0 Å². The third-order valence-corrected chi connectivity index (χ3v) is 2.67. The lowest BCUT2D eigenvalue weighted by molar-refractivity contribution is 0.0923. The van der Waals surface area contributed by atoms with Crippen LogP contribution in [0, 0.1) is 19.8 Å². The van der Waals surface area contributed by atoms with Crippen molar-refractivity contribution in [2.45, 2.75) is 34.1 Å². The molecular formula is C15H24O2. The second kappa shape index (κ2) is 7.33. The molecule has 0 aromatic heterocycles. The molecule has 0 fully saturated rings. The second-order valence-electron chi connectivity index (χ2n) is 4.91. The topological polar surface area (TPSA) is 18.5 Å². The van der Waals surface area contributed by atoms with Gasteiger partial charge in [0.15, 0.2) is 0 Å². The van der Waals surface area contributed by atoms with Crippen molar-refractivity contribution in [1.82, 2.24) is 0 Å². The van der Waals surface area contributed by atoms with Crippen LogP contribution < -0.4 is 4.74 Å². The zero-order valence-electron chi connectivity index (χ0n) is 11.5. The monoisotopic (exact) mass is 236 g/mol. The summed E-state index contributed by atoms with van der Waals surface area (Å²) in [7, 11) is 0. The minimum Gasteiger partial charge on any atom is -0.491 e. The SMILES string of the molecule is Cc1ccc(C)c(OCCOCCC(C)C)c1. The first-order valence-electron chi connectivity index (χ1n) is 6.37. The maximum atomic E-state index is 5.70. The standard InChI is InChI=1S/C15H24O2/c1-12(2)7-8-16-9-10-17-15-11-13(3)5-6-14(15)4/h5-6,11-12H,7-10H2,1-4H3. The smallest absolute Gasteiger partial charge is 0.122 e. The zero-order valence-corrected chi connectivity index (χ0v) is 11.5. The van der Waals surface area contributed by atoms with E-state index in [1.54, 1.807) is 0 Å². The number of benzene rings is 1. The molecule has 0 heterocycles. The molecular weight excluding hydrogens is 212 g/mol. The van der Waals surface area contributed by atoms with Crippen molar-refractivity contribution in [2.75, 3.05) is 19.8 Å². The van der Waals surface area contributed by atoms with Crippen LogP contribution in [0.4, 0.5) is 0 Å². The van der Waals surface area contributed by atoms with Gasteiger partial charge in [0.1, 0.15) is 12.4 Å². The molecule has 0 aliphatic heterocycles. The summed E-state index contributed by atoms with van der Waals surface area (Å²) in [5, 5.41) is 0. The van der Waals surface area contributed by atoms with Crippen molar-refractivity contribution in [1.29, 1.82) is 0 Å². The van der Waals surface area contributed by atoms with Crippen molar-refractivity contribution in [2.24, 2.45) is 5.92 Å². The van der Waals surface area contributed by atoms with E-state index in [1.165, 1.54) is 11.1 Å². The zero-order chi connectivity index (χ0) is 12.7. The van der Waals surface area contributed by atoms with Crippen LogP contribution in [0.15, 0.2) is 18.2 Å². The van der Waals surface area contributed by atoms with Gasteiger partial charge in [0.25, 0.3) is 0 Å². The van der Waals surface area contributed by atoms with Crippen LogP contribution in [-0.2, 0) is 4.74 Å². The van der Waals surface area contributed by atoms with Gasteiger partial charge in [0.05, 0.1) is 6.61 Å². The molecule has 17 heavy (non-hydrogen) atoms. The van der Waals surface area contributed by atoms with Gasteiger partial charge < -0.3 is 9.47 Å². The van der Waals surface area contributed by atoms with Gasteiger partial charge in [-0.15, -0.1) is 0 Å². The number of hydrogen-bond acceptors (Lipinski definition) is 2. The fourth-order valence-electron chi connectivity index (χ4n) is 1.49. The molecule has 0 saturated heterocycles. The van der Waals surface area contributed by atoms with Gasteiger partial charge in [-0.2, -0.15) is 0 Å². The highest BCUT2D eigenvalue weighted by Gasteiger charge is 1.99. The molecule has 2 heteroatoms. The van der Waals surface area contributed by atoms with Crippen molar-refractivity contribution >= 4 is 0 Å². The summed E-state index contributed by atoms with van der Waals surface area (Å²) < 4.78 is 11.2. The highest BCUT2D eigenvalue weighted by atomic mass is 16.5. The lowest BCUT2D eigenvalue weighted by atomic mass is 10.1. The lowest BCUT2D eigenvalue weighted by Gasteiger charge is -2.10. The van der Waals surface area contributed by atoms with E-state index in [4.69, 9.17) is 9.47 Å². The average Bonchev–Trinajstić information content (AvgIpc) is 2.27. The fraction of sp³-hybridized carbons (Fsp3) is 0.600. The Labute approximate surface area is 105 Å². The van der Waals surface area contributed by atoms with Crippen LogP contribution in [0.25, 0.3) is 0 Å². The summed E-state index contributed by atoms with van der Waals surface area (Å²) in [5.41, 5.74) is 2.41. The quantitative estimate of drug-likeness (QED) is 0.671. The normalized spacial score (nSPS) is 10.9. The lowest BCUT2D eigenvalue weighted by Crippen LogP contribution is -2.09. The molecule has 0 spiro atoms. The summed E-state index contributed by atoms with van der Waals surface area (Å²) in [6.07, 6.45) is 1.11. The van der Waals surface area contributed by atoms with Crippen molar-refractivity contribution in [3.8, 4) is 5.75 Å². The van der Waals surface area contributed by atoms with E-state index in [1.807, 2.05) is 0 Å². The Kier molecular flexibility index (Phi) is 6.06. The van der Waals surface area contributed by atoms with E-state index >= 15 is 0 Å². The van der Waals surface area contributed by atoms with E-state index < -0.39 is 0 Å². The molecule has 0 amide bonds. The molecule has 0 radical (unpaired) electrons. The molecule has 1 aromatic rings. The Morgan fingerprint density at radius 2 is 1.82 bits per heavy atom. The largest absolute Gasteiger partial charge is 0.491 e. The van der Waals surface area contributed by atoms with Gasteiger partial charge in [-0.25, -0.2) is 0 Å². The first-order valence-corrected chi connectivity index (χ1v) is 6.37. The Morgan fingerprint density at radius 3 is 2.53 bits per heavy atom. The average molecular weight is 236 g/mol. The second-order valence-corrected chi connectivity index (χ2v) is 4.91. The van der Waals surface area contributed by atoms with E-state index in [-0.39, 0.29) is 0 Å². The van der Waals surface area contributed by atoms with E-state index in [0.717, 1.165) is 18.8 Å². The molecule has 0 atom stereocenters. The Hall–Kier alpha value is -1.02.